The Morgan fingerprint density at radius 3 is 2.30 bits per heavy atom. The van der Waals surface area contributed by atoms with Gasteiger partial charge in [-0.05, 0) is 30.3 Å². The maximum Gasteiger partial charge on any atom is 0.417 e. The van der Waals surface area contributed by atoms with Crippen molar-refractivity contribution in [3.63, 3.8) is 0 Å². The summed E-state index contributed by atoms with van der Waals surface area (Å²) in [6.07, 6.45) is -4.80. The third kappa shape index (κ3) is 4.40. The van der Waals surface area contributed by atoms with Gasteiger partial charge in [0.15, 0.2) is 0 Å². The lowest BCUT2D eigenvalue weighted by Crippen LogP contribution is -2.50. The van der Waals surface area contributed by atoms with E-state index in [-0.39, 0.29) is 31.7 Å². The van der Waals surface area contributed by atoms with Gasteiger partial charge in [-0.3, -0.25) is 4.79 Å². The zero-order chi connectivity index (χ0) is 22.1. The number of carbonyl (C=O) groups excluding carboxylic acids is 1. The molecule has 30 heavy (non-hydrogen) atoms. The molecule has 0 saturated carbocycles. The van der Waals surface area contributed by atoms with Crippen molar-refractivity contribution in [2.45, 2.75) is 11.1 Å². The van der Waals surface area contributed by atoms with Crippen molar-refractivity contribution in [3.8, 4) is 5.75 Å². The number of halogens is 4. The molecule has 1 aliphatic heterocycles. The van der Waals surface area contributed by atoms with Gasteiger partial charge in [-0.2, -0.15) is 17.5 Å². The molecule has 1 aliphatic rings. The largest absolute Gasteiger partial charge is 0.496 e. The molecule has 1 heterocycles. The number of carbonyl (C=O) groups is 1. The number of hydrogen-bond donors (Lipinski definition) is 0. The normalized spacial score (nSPS) is 15.8. The van der Waals surface area contributed by atoms with E-state index >= 15 is 0 Å². The van der Waals surface area contributed by atoms with E-state index in [1.54, 1.807) is 12.1 Å². The highest BCUT2D eigenvalue weighted by Gasteiger charge is 2.40. The lowest BCUT2D eigenvalue weighted by molar-refractivity contribution is -0.139. The number of methoxy groups -OCH3 is 1. The SMILES string of the molecule is COc1ccc(Cl)cc1C(=O)N1CCN(S(=O)(=O)c2ccccc2C(F)(F)F)CC1. The number of piperazine rings is 1. The van der Waals surface area contributed by atoms with Gasteiger partial charge >= 0.3 is 6.18 Å². The number of amides is 1. The van der Waals surface area contributed by atoms with Crippen LogP contribution < -0.4 is 4.74 Å². The van der Waals surface area contributed by atoms with Crippen LogP contribution in [0.15, 0.2) is 47.4 Å². The van der Waals surface area contributed by atoms with Crippen molar-refractivity contribution >= 4 is 27.5 Å². The van der Waals surface area contributed by atoms with Crippen molar-refractivity contribution in [2.75, 3.05) is 33.3 Å². The van der Waals surface area contributed by atoms with Gasteiger partial charge < -0.3 is 9.64 Å². The molecular formula is C19H18ClF3N2O4S. The zero-order valence-corrected chi connectivity index (χ0v) is 17.4. The summed E-state index contributed by atoms with van der Waals surface area (Å²) in [5, 5.41) is 0.337. The van der Waals surface area contributed by atoms with E-state index in [0.717, 1.165) is 22.5 Å². The number of ether oxygens (including phenoxy) is 1. The molecule has 6 nitrogen and oxygen atoms in total. The molecule has 0 bridgehead atoms. The van der Waals surface area contributed by atoms with Crippen molar-refractivity contribution in [3.05, 3.63) is 58.6 Å². The predicted octanol–water partition coefficient (Wildman–Crippen LogP) is 3.51. The summed E-state index contributed by atoms with van der Waals surface area (Å²) >= 11 is 5.95. The van der Waals surface area contributed by atoms with Crippen LogP contribution in [-0.4, -0.2) is 56.8 Å². The minimum absolute atomic E-state index is 0.0158. The van der Waals surface area contributed by atoms with Crippen LogP contribution in [0.2, 0.25) is 5.02 Å². The molecule has 0 radical (unpaired) electrons. The molecular weight excluding hydrogens is 445 g/mol. The fourth-order valence-electron chi connectivity index (χ4n) is 3.21. The Bertz CT molecular complexity index is 1050. The van der Waals surface area contributed by atoms with Crippen LogP contribution >= 0.6 is 11.6 Å². The van der Waals surface area contributed by atoms with Gasteiger partial charge in [-0.25, -0.2) is 8.42 Å². The van der Waals surface area contributed by atoms with Gasteiger partial charge in [0.05, 0.1) is 23.1 Å². The van der Waals surface area contributed by atoms with Crippen LogP contribution in [-0.2, 0) is 16.2 Å². The number of sulfonamides is 1. The molecule has 1 amide bonds. The zero-order valence-electron chi connectivity index (χ0n) is 15.8. The molecule has 1 saturated heterocycles. The number of nitrogens with zero attached hydrogens (tertiary/aromatic N) is 2. The number of hydrogen-bond acceptors (Lipinski definition) is 4. The lowest BCUT2D eigenvalue weighted by Gasteiger charge is -2.34. The minimum atomic E-state index is -4.80. The Balaban J connectivity index is 1.79. The van der Waals surface area contributed by atoms with E-state index in [2.05, 4.69) is 0 Å². The summed E-state index contributed by atoms with van der Waals surface area (Å²) in [4.78, 5) is 13.4. The van der Waals surface area contributed by atoms with Crippen LogP contribution in [0.5, 0.6) is 5.75 Å². The van der Waals surface area contributed by atoms with E-state index in [1.807, 2.05) is 0 Å². The van der Waals surface area contributed by atoms with E-state index in [4.69, 9.17) is 16.3 Å². The van der Waals surface area contributed by atoms with Crippen molar-refractivity contribution in [2.24, 2.45) is 0 Å². The highest BCUT2D eigenvalue weighted by atomic mass is 35.5. The summed E-state index contributed by atoms with van der Waals surface area (Å²) < 4.78 is 71.5. The van der Waals surface area contributed by atoms with Gasteiger partial charge in [0.2, 0.25) is 10.0 Å². The van der Waals surface area contributed by atoms with Gasteiger partial charge in [0, 0.05) is 31.2 Å². The second kappa shape index (κ2) is 8.44. The average molecular weight is 463 g/mol. The van der Waals surface area contributed by atoms with Gasteiger partial charge in [0.25, 0.3) is 5.91 Å². The number of benzene rings is 2. The molecule has 0 N–H and O–H groups in total. The first-order chi connectivity index (χ1) is 14.1. The second-order valence-electron chi connectivity index (χ2n) is 6.53. The van der Waals surface area contributed by atoms with E-state index in [1.165, 1.54) is 24.1 Å². The summed E-state index contributed by atoms with van der Waals surface area (Å²) in [7, 11) is -2.97. The standard InChI is InChI=1S/C19H18ClF3N2O4S/c1-29-16-7-6-13(20)12-14(16)18(26)24-8-10-25(11-9-24)30(27,28)17-5-3-2-4-15(17)19(21,22)23/h2-7,12H,8-11H2,1H3. The fourth-order valence-corrected chi connectivity index (χ4v) is 5.02. The van der Waals surface area contributed by atoms with Crippen LogP contribution in [0.1, 0.15) is 15.9 Å². The molecule has 2 aromatic rings. The third-order valence-electron chi connectivity index (χ3n) is 4.73. The molecule has 162 valence electrons. The summed E-state index contributed by atoms with van der Waals surface area (Å²) in [5.74, 6) is -0.0827. The molecule has 2 aromatic carbocycles. The summed E-state index contributed by atoms with van der Waals surface area (Å²) in [5.41, 5.74) is -0.990. The Morgan fingerprint density at radius 2 is 1.70 bits per heavy atom. The lowest BCUT2D eigenvalue weighted by atomic mass is 10.1. The quantitative estimate of drug-likeness (QED) is 0.697. The highest BCUT2D eigenvalue weighted by Crippen LogP contribution is 2.35. The number of rotatable bonds is 4. The molecule has 0 aromatic heterocycles. The Kier molecular flexibility index (Phi) is 6.30. The average Bonchev–Trinajstić information content (AvgIpc) is 2.72. The van der Waals surface area contributed by atoms with Gasteiger partial charge in [0.1, 0.15) is 5.75 Å². The van der Waals surface area contributed by atoms with Crippen molar-refractivity contribution in [1.82, 2.24) is 9.21 Å². The van der Waals surface area contributed by atoms with E-state index < -0.39 is 32.6 Å². The highest BCUT2D eigenvalue weighted by molar-refractivity contribution is 7.89. The van der Waals surface area contributed by atoms with Gasteiger partial charge in [-0.1, -0.05) is 23.7 Å². The Morgan fingerprint density at radius 1 is 1.07 bits per heavy atom. The van der Waals surface area contributed by atoms with Gasteiger partial charge in [-0.15, -0.1) is 0 Å². The molecule has 0 spiro atoms. The van der Waals surface area contributed by atoms with E-state index in [0.29, 0.717) is 10.8 Å². The third-order valence-corrected chi connectivity index (χ3v) is 6.92. The maximum absolute atomic E-state index is 13.2. The topological polar surface area (TPSA) is 66.9 Å². The van der Waals surface area contributed by atoms with Crippen LogP contribution in [0.4, 0.5) is 13.2 Å². The molecule has 0 atom stereocenters. The maximum atomic E-state index is 13.2. The van der Waals surface area contributed by atoms with E-state index in [9.17, 15) is 26.4 Å². The van der Waals surface area contributed by atoms with Crippen molar-refractivity contribution in [1.29, 1.82) is 0 Å². The minimum Gasteiger partial charge on any atom is -0.496 e. The Labute approximate surface area is 176 Å². The first-order valence-electron chi connectivity index (χ1n) is 8.85. The Hall–Kier alpha value is -2.30. The summed E-state index contributed by atoms with van der Waals surface area (Å²) in [6, 6.07) is 8.62. The monoisotopic (exact) mass is 462 g/mol. The fraction of sp³-hybridized carbons (Fsp3) is 0.316. The first-order valence-corrected chi connectivity index (χ1v) is 10.7. The smallest absolute Gasteiger partial charge is 0.417 e. The van der Waals surface area contributed by atoms with Crippen molar-refractivity contribution < 1.29 is 31.1 Å². The van der Waals surface area contributed by atoms with Crippen LogP contribution in [0.3, 0.4) is 0 Å². The first kappa shape index (κ1) is 22.4. The van der Waals surface area contributed by atoms with Crippen LogP contribution in [0.25, 0.3) is 0 Å². The second-order valence-corrected chi connectivity index (χ2v) is 8.88. The molecule has 11 heteroatoms. The molecule has 3 rings (SSSR count). The summed E-state index contributed by atoms with van der Waals surface area (Å²) in [6.45, 7) is -0.240. The predicted molar refractivity (Wildman–Crippen MR) is 104 cm³/mol. The number of alkyl halides is 3. The van der Waals surface area contributed by atoms with Crippen LogP contribution in [0, 0.1) is 0 Å². The molecule has 0 unspecified atom stereocenters. The molecule has 0 aliphatic carbocycles. The molecule has 1 fully saturated rings.